The number of hydrogen-bond donors (Lipinski definition) is 1. The number of rotatable bonds is 6. The van der Waals surface area contributed by atoms with Gasteiger partial charge in [-0.05, 0) is 44.3 Å². The molecule has 1 aromatic rings. The molecule has 0 saturated heterocycles. The second-order valence-corrected chi connectivity index (χ2v) is 4.08. The van der Waals surface area contributed by atoms with Crippen LogP contribution in [0.15, 0.2) is 12.4 Å². The summed E-state index contributed by atoms with van der Waals surface area (Å²) in [5, 5.41) is 7.36. The fourth-order valence-electron chi connectivity index (χ4n) is 1.71. The van der Waals surface area contributed by atoms with E-state index in [9.17, 15) is 0 Å². The van der Waals surface area contributed by atoms with E-state index >= 15 is 0 Å². The van der Waals surface area contributed by atoms with E-state index in [1.165, 1.54) is 18.4 Å². The highest BCUT2D eigenvalue weighted by molar-refractivity contribution is 5.03. The molecule has 0 amide bonds. The second-order valence-electron chi connectivity index (χ2n) is 4.08. The molecule has 3 nitrogen and oxygen atoms in total. The summed E-state index contributed by atoms with van der Waals surface area (Å²) in [5.74, 6) is 0.775. The van der Waals surface area contributed by atoms with E-state index in [1.54, 1.807) is 0 Å². The Morgan fingerprint density at radius 1 is 1.57 bits per heavy atom. The van der Waals surface area contributed by atoms with E-state index in [4.69, 9.17) is 0 Å². The van der Waals surface area contributed by atoms with Gasteiger partial charge in [0.05, 0.1) is 6.20 Å². The average Bonchev–Trinajstić information content (AvgIpc) is 2.52. The standard InChI is InChI=1S/C11H21N3/c1-10(7-12-2)5-4-6-11-8-13-14(3)9-11/h8-10,12H,4-7H2,1-3H3. The zero-order chi connectivity index (χ0) is 10.4. The lowest BCUT2D eigenvalue weighted by Gasteiger charge is -2.09. The van der Waals surface area contributed by atoms with E-state index in [1.807, 2.05) is 25.0 Å². The molecule has 1 atom stereocenters. The Bertz CT molecular complexity index is 255. The van der Waals surface area contributed by atoms with Gasteiger partial charge in [-0.2, -0.15) is 5.10 Å². The predicted octanol–water partition coefficient (Wildman–Crippen LogP) is 1.60. The van der Waals surface area contributed by atoms with Gasteiger partial charge in [-0.25, -0.2) is 0 Å². The summed E-state index contributed by atoms with van der Waals surface area (Å²) in [5.41, 5.74) is 1.35. The molecule has 0 bridgehead atoms. The molecule has 0 aliphatic rings. The Labute approximate surface area is 86.5 Å². The first-order chi connectivity index (χ1) is 6.72. The van der Waals surface area contributed by atoms with Gasteiger partial charge < -0.3 is 5.32 Å². The molecule has 3 heteroatoms. The van der Waals surface area contributed by atoms with Crippen molar-refractivity contribution in [3.63, 3.8) is 0 Å². The number of nitrogens with one attached hydrogen (secondary N) is 1. The molecule has 80 valence electrons. The highest BCUT2D eigenvalue weighted by atomic mass is 15.2. The van der Waals surface area contributed by atoms with Crippen LogP contribution in [0.4, 0.5) is 0 Å². The maximum Gasteiger partial charge on any atom is 0.0521 e. The zero-order valence-corrected chi connectivity index (χ0v) is 9.45. The zero-order valence-electron chi connectivity index (χ0n) is 9.45. The maximum atomic E-state index is 4.16. The monoisotopic (exact) mass is 195 g/mol. The average molecular weight is 195 g/mol. The number of aryl methyl sites for hydroxylation is 2. The Morgan fingerprint density at radius 3 is 2.93 bits per heavy atom. The first-order valence-corrected chi connectivity index (χ1v) is 5.34. The summed E-state index contributed by atoms with van der Waals surface area (Å²) in [4.78, 5) is 0. The van der Waals surface area contributed by atoms with Crippen LogP contribution in [0.25, 0.3) is 0 Å². The quantitative estimate of drug-likeness (QED) is 0.747. The van der Waals surface area contributed by atoms with Gasteiger partial charge in [-0.3, -0.25) is 4.68 Å². The van der Waals surface area contributed by atoms with Crippen LogP contribution >= 0.6 is 0 Å². The van der Waals surface area contributed by atoms with Crippen LogP contribution < -0.4 is 5.32 Å². The maximum absolute atomic E-state index is 4.16. The summed E-state index contributed by atoms with van der Waals surface area (Å²) in [6, 6.07) is 0. The molecule has 0 aliphatic carbocycles. The molecule has 0 aromatic carbocycles. The summed E-state index contributed by atoms with van der Waals surface area (Å²) in [7, 11) is 3.98. The fourth-order valence-corrected chi connectivity index (χ4v) is 1.71. The molecular weight excluding hydrogens is 174 g/mol. The minimum absolute atomic E-state index is 0.775. The topological polar surface area (TPSA) is 29.9 Å². The minimum atomic E-state index is 0.775. The summed E-state index contributed by atoms with van der Waals surface area (Å²) < 4.78 is 1.87. The van der Waals surface area contributed by atoms with Crippen LogP contribution in [0.1, 0.15) is 25.3 Å². The number of nitrogens with zero attached hydrogens (tertiary/aromatic N) is 2. The molecule has 0 radical (unpaired) electrons. The first kappa shape index (κ1) is 11.2. The number of aromatic nitrogens is 2. The molecular formula is C11H21N3. The van der Waals surface area contributed by atoms with Gasteiger partial charge in [0.25, 0.3) is 0 Å². The Kier molecular flexibility index (Phi) is 4.66. The molecule has 0 spiro atoms. The molecule has 0 fully saturated rings. The Hall–Kier alpha value is -0.830. The van der Waals surface area contributed by atoms with Crippen molar-refractivity contribution >= 4 is 0 Å². The third-order valence-electron chi connectivity index (χ3n) is 2.47. The van der Waals surface area contributed by atoms with Crippen molar-refractivity contribution < 1.29 is 0 Å². The molecule has 1 aromatic heterocycles. The second kappa shape index (κ2) is 5.81. The Balaban J connectivity index is 2.15. The van der Waals surface area contributed by atoms with Crippen LogP contribution in [0, 0.1) is 5.92 Å². The summed E-state index contributed by atoms with van der Waals surface area (Å²) >= 11 is 0. The SMILES string of the molecule is CNCC(C)CCCc1cnn(C)c1. The van der Waals surface area contributed by atoms with E-state index in [0.717, 1.165) is 18.9 Å². The van der Waals surface area contributed by atoms with Crippen molar-refractivity contribution in [3.8, 4) is 0 Å². The summed E-state index contributed by atoms with van der Waals surface area (Å²) in [6.07, 6.45) is 7.76. The predicted molar refractivity (Wildman–Crippen MR) is 59.2 cm³/mol. The van der Waals surface area contributed by atoms with E-state index in [-0.39, 0.29) is 0 Å². The number of hydrogen-bond acceptors (Lipinski definition) is 2. The van der Waals surface area contributed by atoms with E-state index < -0.39 is 0 Å². The van der Waals surface area contributed by atoms with Crippen LogP contribution in [-0.4, -0.2) is 23.4 Å². The summed E-state index contributed by atoms with van der Waals surface area (Å²) in [6.45, 7) is 3.41. The van der Waals surface area contributed by atoms with Crippen LogP contribution in [0.2, 0.25) is 0 Å². The van der Waals surface area contributed by atoms with Gasteiger partial charge in [0.2, 0.25) is 0 Å². The smallest absolute Gasteiger partial charge is 0.0521 e. The van der Waals surface area contributed by atoms with Gasteiger partial charge in [-0.1, -0.05) is 6.92 Å². The van der Waals surface area contributed by atoms with Gasteiger partial charge in [0.1, 0.15) is 0 Å². The first-order valence-electron chi connectivity index (χ1n) is 5.34. The van der Waals surface area contributed by atoms with Crippen molar-refractivity contribution in [1.82, 2.24) is 15.1 Å². The molecule has 0 aliphatic heterocycles. The lowest BCUT2D eigenvalue weighted by atomic mass is 10.0. The van der Waals surface area contributed by atoms with Crippen LogP contribution in [0.3, 0.4) is 0 Å². The molecule has 1 N–H and O–H groups in total. The third-order valence-corrected chi connectivity index (χ3v) is 2.47. The molecule has 1 unspecified atom stereocenters. The molecule has 0 saturated carbocycles. The minimum Gasteiger partial charge on any atom is -0.319 e. The van der Waals surface area contributed by atoms with E-state index in [0.29, 0.717) is 0 Å². The van der Waals surface area contributed by atoms with Crippen molar-refractivity contribution in [2.75, 3.05) is 13.6 Å². The third kappa shape index (κ3) is 3.92. The van der Waals surface area contributed by atoms with Gasteiger partial charge in [0.15, 0.2) is 0 Å². The van der Waals surface area contributed by atoms with E-state index in [2.05, 4.69) is 23.5 Å². The van der Waals surface area contributed by atoms with Crippen molar-refractivity contribution in [2.24, 2.45) is 13.0 Å². The fraction of sp³-hybridized carbons (Fsp3) is 0.727. The molecule has 1 heterocycles. The van der Waals surface area contributed by atoms with Gasteiger partial charge in [-0.15, -0.1) is 0 Å². The molecule has 14 heavy (non-hydrogen) atoms. The largest absolute Gasteiger partial charge is 0.319 e. The highest BCUT2D eigenvalue weighted by Crippen LogP contribution is 2.08. The van der Waals surface area contributed by atoms with Gasteiger partial charge in [0, 0.05) is 13.2 Å². The van der Waals surface area contributed by atoms with Crippen LogP contribution in [0.5, 0.6) is 0 Å². The van der Waals surface area contributed by atoms with Crippen LogP contribution in [-0.2, 0) is 13.5 Å². The normalized spacial score (nSPS) is 13.1. The van der Waals surface area contributed by atoms with Crippen molar-refractivity contribution in [3.05, 3.63) is 18.0 Å². The van der Waals surface area contributed by atoms with Crippen molar-refractivity contribution in [1.29, 1.82) is 0 Å². The lowest BCUT2D eigenvalue weighted by Crippen LogP contribution is -2.16. The highest BCUT2D eigenvalue weighted by Gasteiger charge is 2.01. The Morgan fingerprint density at radius 2 is 2.36 bits per heavy atom. The van der Waals surface area contributed by atoms with Gasteiger partial charge >= 0.3 is 0 Å². The lowest BCUT2D eigenvalue weighted by molar-refractivity contribution is 0.487. The molecule has 1 rings (SSSR count). The van der Waals surface area contributed by atoms with Crippen molar-refractivity contribution in [2.45, 2.75) is 26.2 Å².